The van der Waals surface area contributed by atoms with E-state index in [0.29, 0.717) is 12.0 Å². The number of carbonyl (C=O) groups excluding carboxylic acids is 1. The van der Waals surface area contributed by atoms with E-state index in [1.165, 1.54) is 0 Å². The maximum Gasteiger partial charge on any atom is 0.359 e. The zero-order valence-electron chi connectivity index (χ0n) is 4.94. The van der Waals surface area contributed by atoms with E-state index in [2.05, 4.69) is 6.58 Å². The molecular weight excluding hydrogens is 104 g/mol. The maximum atomic E-state index is 9.80. The maximum absolute atomic E-state index is 9.80. The third-order valence-corrected chi connectivity index (χ3v) is 0.894. The van der Waals surface area contributed by atoms with Gasteiger partial charge in [-0.25, -0.2) is 9.90 Å². The summed E-state index contributed by atoms with van der Waals surface area (Å²) in [6.45, 7) is 5.36. The van der Waals surface area contributed by atoms with Gasteiger partial charge in [-0.1, -0.05) is 19.1 Å². The van der Waals surface area contributed by atoms with Gasteiger partial charge in [0.2, 0.25) is 0 Å². The van der Waals surface area contributed by atoms with Crippen LogP contribution in [0, 0.1) is 0 Å². The molecule has 0 aromatic rings. The third-order valence-electron chi connectivity index (χ3n) is 0.894. The van der Waals surface area contributed by atoms with Gasteiger partial charge in [0.15, 0.2) is 0 Å². The highest BCUT2D eigenvalue weighted by atomic mass is 16.4. The fourth-order valence-electron chi connectivity index (χ4n) is 0.329. The van der Waals surface area contributed by atoms with Gasteiger partial charge in [0, 0.05) is 0 Å². The minimum atomic E-state index is -1.04. The van der Waals surface area contributed by atoms with Crippen molar-refractivity contribution in [2.45, 2.75) is 19.8 Å². The summed E-state index contributed by atoms with van der Waals surface area (Å²) in [5.41, 5.74) is 0.713. The molecule has 0 amide bonds. The number of carbonyl (C=O) groups is 1. The van der Waals surface area contributed by atoms with Gasteiger partial charge >= 0.3 is 5.97 Å². The van der Waals surface area contributed by atoms with Crippen molar-refractivity contribution in [1.82, 2.24) is 0 Å². The van der Waals surface area contributed by atoms with Crippen molar-refractivity contribution in [3.63, 3.8) is 0 Å². The first-order valence-corrected chi connectivity index (χ1v) is 2.53. The predicted molar refractivity (Wildman–Crippen MR) is 29.7 cm³/mol. The molecule has 0 fully saturated rings. The summed E-state index contributed by atoms with van der Waals surface area (Å²) in [5.74, 6) is -1.04. The summed E-state index contributed by atoms with van der Waals surface area (Å²) >= 11 is 0. The molecule has 0 aliphatic carbocycles. The highest BCUT2D eigenvalue weighted by Gasteiger charge is 1.99. The first-order valence-electron chi connectivity index (χ1n) is 2.53. The van der Waals surface area contributed by atoms with E-state index in [1.54, 1.807) is 0 Å². The fraction of sp³-hybridized carbons (Fsp3) is 0.500. The fourth-order valence-corrected chi connectivity index (χ4v) is 0.329. The summed E-state index contributed by atoms with van der Waals surface area (Å²) in [6, 6.07) is 0. The smallest absolute Gasteiger partial charge is 0.247 e. The third kappa shape index (κ3) is 3.40. The first kappa shape index (κ1) is 7.21. The number of rotatable bonds is 3. The molecule has 0 aliphatic rings. The van der Waals surface area contributed by atoms with Crippen LogP contribution in [0.3, 0.4) is 0 Å². The Kier molecular flexibility index (Phi) is 2.92. The van der Waals surface area contributed by atoms with Crippen molar-refractivity contribution < 1.29 is 9.90 Å². The molecular formula is C6H9O2. The molecule has 0 saturated carbocycles. The molecule has 0 unspecified atom stereocenters. The molecule has 2 heteroatoms. The normalized spacial score (nSPS) is 8.62. The Balaban J connectivity index is 3.40. The largest absolute Gasteiger partial charge is 0.359 e. The highest BCUT2D eigenvalue weighted by Crippen LogP contribution is 2.00. The van der Waals surface area contributed by atoms with Crippen molar-refractivity contribution in [3.8, 4) is 0 Å². The molecule has 2 nitrogen and oxygen atoms in total. The lowest BCUT2D eigenvalue weighted by Crippen LogP contribution is -1.92. The Labute approximate surface area is 48.8 Å². The van der Waals surface area contributed by atoms with Gasteiger partial charge in [-0.3, -0.25) is 0 Å². The minimum Gasteiger partial charge on any atom is -0.247 e. The summed E-state index contributed by atoms with van der Waals surface area (Å²) < 4.78 is 0. The molecule has 45 valence electrons. The Morgan fingerprint density at radius 3 is 2.25 bits per heavy atom. The van der Waals surface area contributed by atoms with Crippen LogP contribution >= 0.6 is 0 Å². The van der Waals surface area contributed by atoms with Crippen LogP contribution in [0.15, 0.2) is 12.2 Å². The summed E-state index contributed by atoms with van der Waals surface area (Å²) in [4.78, 5) is 9.80. The van der Waals surface area contributed by atoms with Crippen LogP contribution < -0.4 is 0 Å². The Bertz CT molecular complexity index is 105. The van der Waals surface area contributed by atoms with Crippen molar-refractivity contribution >= 4 is 5.97 Å². The molecule has 0 saturated heterocycles. The van der Waals surface area contributed by atoms with Gasteiger partial charge in [-0.05, 0) is 6.42 Å². The van der Waals surface area contributed by atoms with E-state index >= 15 is 0 Å². The Morgan fingerprint density at radius 2 is 2.12 bits per heavy atom. The topological polar surface area (TPSA) is 37.0 Å². The van der Waals surface area contributed by atoms with Gasteiger partial charge in [0.1, 0.15) is 0 Å². The average Bonchev–Trinajstić information content (AvgIpc) is 1.65. The van der Waals surface area contributed by atoms with Crippen molar-refractivity contribution in [1.29, 1.82) is 0 Å². The average molecular weight is 113 g/mol. The predicted octanol–water partition coefficient (Wildman–Crippen LogP) is 1.30. The van der Waals surface area contributed by atoms with E-state index in [1.807, 2.05) is 6.92 Å². The molecule has 0 aromatic heterocycles. The number of hydrogen-bond donors (Lipinski definition) is 0. The molecule has 0 N–H and O–H groups in total. The molecule has 0 aromatic carbocycles. The molecule has 0 heterocycles. The molecule has 0 rings (SSSR count). The van der Waals surface area contributed by atoms with Crippen molar-refractivity contribution in [3.05, 3.63) is 12.2 Å². The zero-order valence-corrected chi connectivity index (χ0v) is 4.94. The van der Waals surface area contributed by atoms with Crippen molar-refractivity contribution in [2.75, 3.05) is 0 Å². The lowest BCUT2D eigenvalue weighted by molar-refractivity contribution is -0.142. The Morgan fingerprint density at radius 1 is 1.62 bits per heavy atom. The second kappa shape index (κ2) is 3.24. The standard InChI is InChI=1S/C6H9O2/c1-3-5(2)4-6(7)8/h2-4H2,1H3. The quantitative estimate of drug-likeness (QED) is 0.508. The van der Waals surface area contributed by atoms with Crippen LogP contribution in [-0.2, 0) is 9.90 Å². The van der Waals surface area contributed by atoms with E-state index in [-0.39, 0.29) is 6.42 Å². The van der Waals surface area contributed by atoms with Crippen molar-refractivity contribution in [2.24, 2.45) is 0 Å². The van der Waals surface area contributed by atoms with E-state index in [4.69, 9.17) is 0 Å². The van der Waals surface area contributed by atoms with Crippen LogP contribution in [0.5, 0.6) is 0 Å². The Hall–Kier alpha value is -0.790. The molecule has 0 aliphatic heterocycles. The van der Waals surface area contributed by atoms with E-state index in [9.17, 15) is 9.90 Å². The molecule has 8 heavy (non-hydrogen) atoms. The van der Waals surface area contributed by atoms with Crippen LogP contribution in [0.1, 0.15) is 19.8 Å². The second-order valence-corrected chi connectivity index (χ2v) is 1.65. The minimum absolute atomic E-state index is 0.00347. The monoisotopic (exact) mass is 113 g/mol. The van der Waals surface area contributed by atoms with Crippen LogP contribution in [0.4, 0.5) is 0 Å². The number of hydrogen-bond acceptors (Lipinski definition) is 1. The molecule has 0 spiro atoms. The van der Waals surface area contributed by atoms with E-state index in [0.717, 1.165) is 0 Å². The van der Waals surface area contributed by atoms with Crippen LogP contribution in [0.25, 0.3) is 0 Å². The highest BCUT2D eigenvalue weighted by molar-refractivity contribution is 5.69. The van der Waals surface area contributed by atoms with Crippen LogP contribution in [0.2, 0.25) is 0 Å². The van der Waals surface area contributed by atoms with E-state index < -0.39 is 5.97 Å². The van der Waals surface area contributed by atoms with Gasteiger partial charge in [0.25, 0.3) is 0 Å². The second-order valence-electron chi connectivity index (χ2n) is 1.65. The van der Waals surface area contributed by atoms with Crippen LogP contribution in [-0.4, -0.2) is 5.97 Å². The van der Waals surface area contributed by atoms with Gasteiger partial charge in [-0.2, -0.15) is 0 Å². The lowest BCUT2D eigenvalue weighted by atomic mass is 10.2. The molecule has 0 atom stereocenters. The molecule has 1 radical (unpaired) electrons. The van der Waals surface area contributed by atoms with Gasteiger partial charge in [0.05, 0.1) is 6.42 Å². The van der Waals surface area contributed by atoms with Gasteiger partial charge < -0.3 is 0 Å². The lowest BCUT2D eigenvalue weighted by Gasteiger charge is -1.90. The summed E-state index contributed by atoms with van der Waals surface area (Å²) in [7, 11) is 0. The zero-order chi connectivity index (χ0) is 6.57. The summed E-state index contributed by atoms with van der Waals surface area (Å²) in [6.07, 6.45) is 0.713. The summed E-state index contributed by atoms with van der Waals surface area (Å²) in [5, 5.41) is 9.80. The van der Waals surface area contributed by atoms with Gasteiger partial charge in [-0.15, -0.1) is 0 Å². The SMILES string of the molecule is C=C(CC)CC([O])=O. The first-order chi connectivity index (χ1) is 3.66. The molecule has 0 bridgehead atoms.